The number of carbonyl (C=O) groups excluding carboxylic acids is 1. The molecule has 0 unspecified atom stereocenters. The molecule has 0 aromatic heterocycles. The number of nitrogens with zero attached hydrogens (tertiary/aromatic N) is 2. The van der Waals surface area contributed by atoms with Gasteiger partial charge in [-0.3, -0.25) is 9.69 Å². The third-order valence-corrected chi connectivity index (χ3v) is 5.50. The molecule has 0 saturated carbocycles. The van der Waals surface area contributed by atoms with E-state index in [0.29, 0.717) is 18.4 Å². The lowest BCUT2D eigenvalue weighted by Gasteiger charge is -2.35. The molecule has 1 heterocycles. The van der Waals surface area contributed by atoms with Gasteiger partial charge < -0.3 is 10.2 Å². The maximum Gasteiger partial charge on any atom is 0.238 e. The summed E-state index contributed by atoms with van der Waals surface area (Å²) in [5, 5.41) is 3.24. The van der Waals surface area contributed by atoms with E-state index in [-0.39, 0.29) is 5.91 Å². The van der Waals surface area contributed by atoms with Gasteiger partial charge in [0.05, 0.1) is 6.54 Å². The van der Waals surface area contributed by atoms with Crippen LogP contribution in [0.5, 0.6) is 0 Å². The van der Waals surface area contributed by atoms with Gasteiger partial charge in [0.25, 0.3) is 0 Å². The highest BCUT2D eigenvalue weighted by molar-refractivity contribution is 5.94. The number of rotatable bonds is 6. The summed E-state index contributed by atoms with van der Waals surface area (Å²) < 4.78 is 0. The highest BCUT2D eigenvalue weighted by Gasteiger charge is 2.21. The molecular formula is C24H33N3O. The Kier molecular flexibility index (Phi) is 6.74. The molecule has 0 spiro atoms. The Balaban J connectivity index is 1.61. The summed E-state index contributed by atoms with van der Waals surface area (Å²) in [6.07, 6.45) is 0. The number of hydrogen-bond donors (Lipinski definition) is 1. The predicted molar refractivity (Wildman–Crippen MR) is 118 cm³/mol. The average Bonchev–Trinajstić information content (AvgIpc) is 2.69. The Morgan fingerprint density at radius 2 is 1.43 bits per heavy atom. The van der Waals surface area contributed by atoms with Crippen molar-refractivity contribution in [2.45, 2.75) is 39.5 Å². The van der Waals surface area contributed by atoms with E-state index in [0.717, 1.165) is 31.9 Å². The normalized spacial score (nSPS) is 15.3. The lowest BCUT2D eigenvalue weighted by molar-refractivity contribution is -0.117. The van der Waals surface area contributed by atoms with Gasteiger partial charge in [-0.15, -0.1) is 0 Å². The summed E-state index contributed by atoms with van der Waals surface area (Å²) in [7, 11) is 0. The zero-order chi connectivity index (χ0) is 20.1. The molecule has 2 aromatic rings. The Morgan fingerprint density at radius 1 is 0.857 bits per heavy atom. The molecule has 1 aliphatic rings. The SMILES string of the molecule is CC(C)c1cccc(C(C)C)c1NC(=O)CN1CCN(c2ccccc2)CC1. The molecule has 4 nitrogen and oxygen atoms in total. The van der Waals surface area contributed by atoms with Gasteiger partial charge in [-0.1, -0.05) is 64.1 Å². The smallest absolute Gasteiger partial charge is 0.238 e. The van der Waals surface area contributed by atoms with Crippen molar-refractivity contribution in [2.24, 2.45) is 0 Å². The molecule has 1 saturated heterocycles. The Morgan fingerprint density at radius 3 is 1.96 bits per heavy atom. The molecule has 0 bridgehead atoms. The van der Waals surface area contributed by atoms with Crippen molar-refractivity contribution in [3.8, 4) is 0 Å². The maximum atomic E-state index is 12.8. The summed E-state index contributed by atoms with van der Waals surface area (Å²) >= 11 is 0. The van der Waals surface area contributed by atoms with E-state index >= 15 is 0 Å². The van der Waals surface area contributed by atoms with Crippen LogP contribution >= 0.6 is 0 Å². The standard InChI is InChI=1S/C24H33N3O/c1-18(2)21-11-8-12-22(19(3)4)24(21)25-23(28)17-26-13-15-27(16-14-26)20-9-6-5-7-10-20/h5-12,18-19H,13-17H2,1-4H3,(H,25,28). The zero-order valence-corrected chi connectivity index (χ0v) is 17.6. The van der Waals surface area contributed by atoms with Gasteiger partial charge in [0, 0.05) is 37.6 Å². The molecule has 28 heavy (non-hydrogen) atoms. The largest absolute Gasteiger partial charge is 0.369 e. The fourth-order valence-corrected chi connectivity index (χ4v) is 3.88. The van der Waals surface area contributed by atoms with Crippen LogP contribution in [-0.2, 0) is 4.79 Å². The Bertz CT molecular complexity index is 751. The highest BCUT2D eigenvalue weighted by atomic mass is 16.2. The highest BCUT2D eigenvalue weighted by Crippen LogP contribution is 2.32. The monoisotopic (exact) mass is 379 g/mol. The van der Waals surface area contributed by atoms with Crippen molar-refractivity contribution in [1.29, 1.82) is 0 Å². The molecule has 3 rings (SSSR count). The molecule has 1 aliphatic heterocycles. The Labute approximate surface area is 169 Å². The minimum Gasteiger partial charge on any atom is -0.369 e. The molecule has 0 aliphatic carbocycles. The van der Waals surface area contributed by atoms with E-state index in [2.05, 4.69) is 85.3 Å². The first-order chi connectivity index (χ1) is 13.5. The second kappa shape index (κ2) is 9.24. The fourth-order valence-electron chi connectivity index (χ4n) is 3.88. The van der Waals surface area contributed by atoms with E-state index in [4.69, 9.17) is 0 Å². The number of hydrogen-bond acceptors (Lipinski definition) is 3. The lowest BCUT2D eigenvalue weighted by Crippen LogP contribution is -2.48. The number of para-hydroxylation sites is 2. The summed E-state index contributed by atoms with van der Waals surface area (Å²) in [6, 6.07) is 16.9. The average molecular weight is 380 g/mol. The lowest BCUT2D eigenvalue weighted by atomic mass is 9.92. The molecule has 1 fully saturated rings. The van der Waals surface area contributed by atoms with Crippen LogP contribution in [0, 0.1) is 0 Å². The van der Waals surface area contributed by atoms with Crippen LogP contribution in [0.25, 0.3) is 0 Å². The van der Waals surface area contributed by atoms with Crippen molar-refractivity contribution < 1.29 is 4.79 Å². The number of piperazine rings is 1. The van der Waals surface area contributed by atoms with Gasteiger partial charge in [0.15, 0.2) is 0 Å². The van der Waals surface area contributed by atoms with Crippen LogP contribution in [0.15, 0.2) is 48.5 Å². The first-order valence-corrected chi connectivity index (χ1v) is 10.4. The van der Waals surface area contributed by atoms with Crippen molar-refractivity contribution in [3.05, 3.63) is 59.7 Å². The second-order valence-electron chi connectivity index (χ2n) is 8.27. The molecule has 150 valence electrons. The maximum absolute atomic E-state index is 12.8. The van der Waals surface area contributed by atoms with Crippen molar-refractivity contribution >= 4 is 17.3 Å². The molecule has 0 atom stereocenters. The first-order valence-electron chi connectivity index (χ1n) is 10.4. The second-order valence-corrected chi connectivity index (χ2v) is 8.27. The van der Waals surface area contributed by atoms with E-state index < -0.39 is 0 Å². The van der Waals surface area contributed by atoms with Crippen LogP contribution in [0.2, 0.25) is 0 Å². The van der Waals surface area contributed by atoms with Crippen LogP contribution in [-0.4, -0.2) is 43.5 Å². The van der Waals surface area contributed by atoms with Crippen molar-refractivity contribution in [1.82, 2.24) is 4.90 Å². The minimum atomic E-state index is 0.0863. The number of benzene rings is 2. The molecular weight excluding hydrogens is 346 g/mol. The molecule has 0 radical (unpaired) electrons. The van der Waals surface area contributed by atoms with Crippen LogP contribution < -0.4 is 10.2 Å². The number of amides is 1. The van der Waals surface area contributed by atoms with Gasteiger partial charge in [-0.05, 0) is 35.1 Å². The minimum absolute atomic E-state index is 0.0863. The van der Waals surface area contributed by atoms with Crippen LogP contribution in [0.4, 0.5) is 11.4 Å². The van der Waals surface area contributed by atoms with Gasteiger partial charge in [0.1, 0.15) is 0 Å². The summed E-state index contributed by atoms with van der Waals surface area (Å²) in [6.45, 7) is 12.9. The van der Waals surface area contributed by atoms with E-state index in [1.165, 1.54) is 16.8 Å². The molecule has 4 heteroatoms. The Hall–Kier alpha value is -2.33. The van der Waals surface area contributed by atoms with Crippen molar-refractivity contribution in [3.63, 3.8) is 0 Å². The summed E-state index contributed by atoms with van der Waals surface area (Å²) in [5.41, 5.74) is 4.71. The van der Waals surface area contributed by atoms with Crippen LogP contribution in [0.3, 0.4) is 0 Å². The van der Waals surface area contributed by atoms with Crippen LogP contribution in [0.1, 0.15) is 50.7 Å². The third-order valence-electron chi connectivity index (χ3n) is 5.50. The van der Waals surface area contributed by atoms with Gasteiger partial charge in [-0.2, -0.15) is 0 Å². The predicted octanol–water partition coefficient (Wildman–Crippen LogP) is 4.69. The number of nitrogens with one attached hydrogen (secondary N) is 1. The topological polar surface area (TPSA) is 35.6 Å². The van der Waals surface area contributed by atoms with E-state index in [1.807, 2.05) is 6.07 Å². The van der Waals surface area contributed by atoms with Crippen molar-refractivity contribution in [2.75, 3.05) is 42.9 Å². The summed E-state index contributed by atoms with van der Waals surface area (Å²) in [5.74, 6) is 0.843. The van der Waals surface area contributed by atoms with E-state index in [9.17, 15) is 4.79 Å². The van der Waals surface area contributed by atoms with Gasteiger partial charge >= 0.3 is 0 Å². The molecule has 2 aromatic carbocycles. The zero-order valence-electron chi connectivity index (χ0n) is 17.6. The molecule has 1 amide bonds. The van der Waals surface area contributed by atoms with Gasteiger partial charge in [-0.25, -0.2) is 0 Å². The fraction of sp³-hybridized carbons (Fsp3) is 0.458. The van der Waals surface area contributed by atoms with Gasteiger partial charge in [0.2, 0.25) is 5.91 Å². The first kappa shape index (κ1) is 20.4. The quantitative estimate of drug-likeness (QED) is 0.791. The summed E-state index contributed by atoms with van der Waals surface area (Å²) in [4.78, 5) is 17.5. The number of anilines is 2. The van der Waals surface area contributed by atoms with E-state index in [1.54, 1.807) is 0 Å². The molecule has 1 N–H and O–H groups in total. The number of carbonyl (C=O) groups is 1. The third kappa shape index (κ3) is 4.93.